The molecule has 0 spiro atoms. The molecule has 0 aliphatic carbocycles. The Kier molecular flexibility index (Phi) is 1.89. The van der Waals surface area contributed by atoms with Crippen LogP contribution in [-0.4, -0.2) is 14.2 Å². The van der Waals surface area contributed by atoms with Crippen LogP contribution in [0.3, 0.4) is 0 Å². The molecule has 4 nitrogen and oxygen atoms in total. The van der Waals surface area contributed by atoms with Crippen LogP contribution in [-0.2, 0) is 0 Å². The van der Waals surface area contributed by atoms with Crippen LogP contribution in [0.5, 0.6) is 0 Å². The van der Waals surface area contributed by atoms with Crippen molar-refractivity contribution in [1.82, 2.24) is 14.2 Å². The van der Waals surface area contributed by atoms with E-state index in [-0.39, 0.29) is 0 Å². The van der Waals surface area contributed by atoms with Crippen LogP contribution in [0.4, 0.5) is 0 Å². The van der Waals surface area contributed by atoms with Crippen LogP contribution < -0.4 is 0 Å². The summed E-state index contributed by atoms with van der Waals surface area (Å²) in [5.41, 5.74) is 3.06. The molecule has 3 aromatic rings. The van der Waals surface area contributed by atoms with Crippen molar-refractivity contribution in [3.05, 3.63) is 37.1 Å². The number of nitrogens with zero attached hydrogens (tertiary/aromatic N) is 3. The van der Waals surface area contributed by atoms with Crippen molar-refractivity contribution in [2.45, 2.75) is 19.9 Å². The topological polar surface area (TPSA) is 35.4 Å². The summed E-state index contributed by atoms with van der Waals surface area (Å²) in [7, 11) is 0. The molecule has 0 aromatic carbocycles. The third-order valence-corrected chi connectivity index (χ3v) is 2.72. The first-order valence-corrected chi connectivity index (χ1v) is 5.34. The van der Waals surface area contributed by atoms with Crippen molar-refractivity contribution in [2.75, 3.05) is 0 Å². The maximum atomic E-state index is 5.06. The molecule has 0 N–H and O–H groups in total. The van der Waals surface area contributed by atoms with Gasteiger partial charge in [0.05, 0.1) is 18.2 Å². The third kappa shape index (κ3) is 1.26. The van der Waals surface area contributed by atoms with Crippen molar-refractivity contribution >= 4 is 5.65 Å². The summed E-state index contributed by atoms with van der Waals surface area (Å²) in [6.07, 6.45) is 7.39. The van der Waals surface area contributed by atoms with E-state index in [4.69, 9.17) is 4.42 Å². The second kappa shape index (κ2) is 3.27. The Bertz CT molecular complexity index is 601. The number of furan rings is 1. The molecule has 3 heterocycles. The van der Waals surface area contributed by atoms with Gasteiger partial charge in [0, 0.05) is 30.1 Å². The number of hydrogen-bond donors (Lipinski definition) is 0. The fourth-order valence-electron chi connectivity index (χ4n) is 1.89. The van der Waals surface area contributed by atoms with Gasteiger partial charge in [0.25, 0.3) is 0 Å². The van der Waals surface area contributed by atoms with E-state index in [0.29, 0.717) is 6.04 Å². The summed E-state index contributed by atoms with van der Waals surface area (Å²) < 4.78 is 9.15. The fraction of sp³-hybridized carbons (Fsp3) is 0.250. The molecule has 0 saturated carbocycles. The number of hydrogen-bond acceptors (Lipinski definition) is 2. The first kappa shape index (κ1) is 9.27. The second-order valence-electron chi connectivity index (χ2n) is 4.14. The second-order valence-corrected chi connectivity index (χ2v) is 4.14. The van der Waals surface area contributed by atoms with Gasteiger partial charge >= 0.3 is 0 Å². The minimum atomic E-state index is 0.436. The smallest absolute Gasteiger partial charge is 0.136 e. The molecule has 0 radical (unpaired) electrons. The molecule has 0 unspecified atom stereocenters. The lowest BCUT2D eigenvalue weighted by Gasteiger charge is -2.05. The van der Waals surface area contributed by atoms with Crippen LogP contribution in [0.15, 0.2) is 41.5 Å². The predicted octanol–water partition coefficient (Wildman–Crippen LogP) is 2.98. The Morgan fingerprint density at radius 1 is 1.31 bits per heavy atom. The number of rotatable bonds is 2. The van der Waals surface area contributed by atoms with E-state index in [9.17, 15) is 0 Å². The third-order valence-electron chi connectivity index (χ3n) is 2.72. The summed E-state index contributed by atoms with van der Waals surface area (Å²) in [6, 6.07) is 4.43. The zero-order valence-corrected chi connectivity index (χ0v) is 9.29. The Morgan fingerprint density at radius 3 is 2.88 bits per heavy atom. The van der Waals surface area contributed by atoms with E-state index in [1.54, 1.807) is 12.5 Å². The maximum Gasteiger partial charge on any atom is 0.136 e. The summed E-state index contributed by atoms with van der Waals surface area (Å²) in [4.78, 5) is 0. The molecule has 82 valence electrons. The largest absolute Gasteiger partial charge is 0.472 e. The van der Waals surface area contributed by atoms with Gasteiger partial charge < -0.3 is 8.98 Å². The van der Waals surface area contributed by atoms with Crippen molar-refractivity contribution in [1.29, 1.82) is 0 Å². The molecule has 0 bridgehead atoms. The zero-order chi connectivity index (χ0) is 11.1. The van der Waals surface area contributed by atoms with Crippen LogP contribution in [0, 0.1) is 0 Å². The molecule has 0 saturated heterocycles. The normalized spacial score (nSPS) is 11.7. The van der Waals surface area contributed by atoms with E-state index in [2.05, 4.69) is 29.6 Å². The van der Waals surface area contributed by atoms with Crippen molar-refractivity contribution < 1.29 is 4.42 Å². The van der Waals surface area contributed by atoms with Gasteiger partial charge in [-0.1, -0.05) is 0 Å². The van der Waals surface area contributed by atoms with Gasteiger partial charge in [-0.05, 0) is 19.9 Å². The lowest BCUT2D eigenvalue weighted by molar-refractivity contribution is 0.568. The van der Waals surface area contributed by atoms with Gasteiger partial charge in [-0.15, -0.1) is 0 Å². The highest BCUT2D eigenvalue weighted by Crippen LogP contribution is 2.21. The Labute approximate surface area is 93.1 Å². The van der Waals surface area contributed by atoms with Crippen LogP contribution in [0.2, 0.25) is 0 Å². The number of aromatic nitrogens is 3. The van der Waals surface area contributed by atoms with Gasteiger partial charge in [-0.2, -0.15) is 5.10 Å². The maximum absolute atomic E-state index is 5.06. The molecule has 0 amide bonds. The number of fused-ring (bicyclic) bond motifs is 1. The van der Waals surface area contributed by atoms with Gasteiger partial charge in [0.2, 0.25) is 0 Å². The lowest BCUT2D eigenvalue weighted by atomic mass is 10.2. The molecular weight excluding hydrogens is 202 g/mol. The minimum absolute atomic E-state index is 0.436. The van der Waals surface area contributed by atoms with Gasteiger partial charge in [-0.25, -0.2) is 4.52 Å². The van der Waals surface area contributed by atoms with E-state index < -0.39 is 0 Å². The Balaban J connectivity index is 2.17. The average Bonchev–Trinajstić information content (AvgIpc) is 2.92. The molecule has 0 fully saturated rings. The molecule has 16 heavy (non-hydrogen) atoms. The average molecular weight is 215 g/mol. The van der Waals surface area contributed by atoms with Crippen LogP contribution in [0.1, 0.15) is 19.9 Å². The monoisotopic (exact) mass is 215 g/mol. The molecule has 0 aliphatic heterocycles. The summed E-state index contributed by atoms with van der Waals surface area (Å²) in [5, 5.41) is 4.49. The van der Waals surface area contributed by atoms with Crippen LogP contribution in [0.25, 0.3) is 16.9 Å². The highest BCUT2D eigenvalue weighted by molar-refractivity contribution is 5.63. The fourth-order valence-corrected chi connectivity index (χ4v) is 1.89. The molecular formula is C12H13N3O. The predicted molar refractivity (Wildman–Crippen MR) is 61.3 cm³/mol. The Hall–Kier alpha value is -1.97. The van der Waals surface area contributed by atoms with Crippen molar-refractivity contribution in [3.8, 4) is 11.3 Å². The van der Waals surface area contributed by atoms with Crippen LogP contribution >= 0.6 is 0 Å². The SMILES string of the molecule is CC(C)n1ccn2nc(-c3ccoc3)cc12. The lowest BCUT2D eigenvalue weighted by Crippen LogP contribution is -1.97. The quantitative estimate of drug-likeness (QED) is 0.658. The number of imidazole rings is 1. The molecule has 3 rings (SSSR count). The van der Waals surface area contributed by atoms with Gasteiger partial charge in [0.1, 0.15) is 5.65 Å². The zero-order valence-electron chi connectivity index (χ0n) is 9.29. The van der Waals surface area contributed by atoms with Gasteiger partial charge in [-0.3, -0.25) is 0 Å². The standard InChI is InChI=1S/C12H13N3O/c1-9(2)14-4-5-15-12(14)7-11(13-15)10-3-6-16-8-10/h3-9H,1-2H3. The van der Waals surface area contributed by atoms with E-state index in [0.717, 1.165) is 16.9 Å². The summed E-state index contributed by atoms with van der Waals surface area (Å²) >= 11 is 0. The molecule has 0 aliphatic rings. The molecule has 3 aromatic heterocycles. The minimum Gasteiger partial charge on any atom is -0.472 e. The van der Waals surface area contributed by atoms with Gasteiger partial charge in [0.15, 0.2) is 0 Å². The first-order chi connectivity index (χ1) is 7.75. The molecule has 4 heteroatoms. The van der Waals surface area contributed by atoms with E-state index >= 15 is 0 Å². The summed E-state index contributed by atoms with van der Waals surface area (Å²) in [6.45, 7) is 4.31. The van der Waals surface area contributed by atoms with E-state index in [1.807, 2.05) is 23.0 Å². The first-order valence-electron chi connectivity index (χ1n) is 5.34. The highest BCUT2D eigenvalue weighted by atomic mass is 16.3. The van der Waals surface area contributed by atoms with Crippen molar-refractivity contribution in [2.24, 2.45) is 0 Å². The Morgan fingerprint density at radius 2 is 2.19 bits per heavy atom. The van der Waals surface area contributed by atoms with Crippen molar-refractivity contribution in [3.63, 3.8) is 0 Å². The highest BCUT2D eigenvalue weighted by Gasteiger charge is 2.10. The molecule has 0 atom stereocenters. The summed E-state index contributed by atoms with van der Waals surface area (Å²) in [5.74, 6) is 0. The van der Waals surface area contributed by atoms with E-state index in [1.165, 1.54) is 0 Å².